The quantitative estimate of drug-likeness (QED) is 0.922. The van der Waals surface area contributed by atoms with Gasteiger partial charge in [-0.1, -0.05) is 24.6 Å². The number of carbonyl (C=O) groups excluding carboxylic acids is 1. The van der Waals surface area contributed by atoms with Crippen LogP contribution in [0, 0.1) is 0 Å². The summed E-state index contributed by atoms with van der Waals surface area (Å²) in [6, 6.07) is -1.23. The third kappa shape index (κ3) is 2.53. The molecule has 5 nitrogen and oxygen atoms in total. The smallest absolute Gasteiger partial charge is 0.272 e. The van der Waals surface area contributed by atoms with Gasteiger partial charge >= 0.3 is 0 Å². The molecule has 2 atom stereocenters. The average molecular weight is 324 g/mol. The molecule has 3 heterocycles. The van der Waals surface area contributed by atoms with Crippen LogP contribution in [-0.2, 0) is 6.98 Å². The first-order valence-electron chi connectivity index (χ1n) is 13.4. The normalized spacial score (nSPS) is 47.6. The van der Waals surface area contributed by atoms with Crippen molar-refractivity contribution in [3.63, 3.8) is 0 Å². The van der Waals surface area contributed by atoms with Crippen LogP contribution < -0.4 is 5.32 Å². The van der Waals surface area contributed by atoms with Crippen LogP contribution in [0.1, 0.15) is 58.9 Å². The average Bonchev–Trinajstić information content (AvgIpc) is 3.10. The molecule has 1 aromatic carbocycles. The van der Waals surface area contributed by atoms with Gasteiger partial charge in [-0.2, -0.15) is 5.10 Å². The van der Waals surface area contributed by atoms with Gasteiger partial charge in [0.15, 0.2) is 5.69 Å². The summed E-state index contributed by atoms with van der Waals surface area (Å²) < 4.78 is 99.6. The highest BCUT2D eigenvalue weighted by Crippen LogP contribution is 2.32. The van der Waals surface area contributed by atoms with E-state index in [4.69, 9.17) is 16.4 Å². The zero-order chi connectivity index (χ0) is 26.4. The second-order valence-electron chi connectivity index (χ2n) is 5.56. The summed E-state index contributed by atoms with van der Waals surface area (Å²) in [5.41, 5.74) is -0.295. The fraction of sp³-hybridized carbons (Fsp3) is 0.556. The minimum absolute atomic E-state index is 0.0485. The van der Waals surface area contributed by atoms with Gasteiger partial charge in [-0.15, -0.1) is 0 Å². The molecule has 0 saturated carbocycles. The van der Waals surface area contributed by atoms with Gasteiger partial charge < -0.3 is 10.2 Å². The maximum atomic E-state index is 13.3. The molecule has 2 aromatic rings. The summed E-state index contributed by atoms with van der Waals surface area (Å²) in [5.74, 6) is -1.10. The molecular formula is C18H24N4O. The lowest BCUT2D eigenvalue weighted by Crippen LogP contribution is -2.55. The summed E-state index contributed by atoms with van der Waals surface area (Å²) in [5, 5.41) is 6.24. The molecule has 0 radical (unpaired) electrons. The van der Waals surface area contributed by atoms with Crippen molar-refractivity contribution in [3.8, 4) is 0 Å². The van der Waals surface area contributed by atoms with E-state index in [-0.39, 0.29) is 30.2 Å². The summed E-state index contributed by atoms with van der Waals surface area (Å²) in [7, 11) is 0. The predicted molar refractivity (Wildman–Crippen MR) is 90.4 cm³/mol. The monoisotopic (exact) mass is 324 g/mol. The van der Waals surface area contributed by atoms with E-state index in [1.807, 2.05) is 0 Å². The maximum Gasteiger partial charge on any atom is 0.272 e. The molecule has 0 unspecified atom stereocenters. The number of carbonyl (C=O) groups is 1. The highest BCUT2D eigenvalue weighted by Gasteiger charge is 2.36. The van der Waals surface area contributed by atoms with Crippen LogP contribution in [0.25, 0.3) is 10.9 Å². The summed E-state index contributed by atoms with van der Waals surface area (Å²) >= 11 is 0. The number of amides is 1. The Kier molecular flexibility index (Phi) is 1.61. The number of nitrogens with zero attached hydrogens (tertiary/aromatic N) is 3. The van der Waals surface area contributed by atoms with E-state index in [2.05, 4.69) is 10.4 Å². The van der Waals surface area contributed by atoms with E-state index in [0.29, 0.717) is 9.58 Å². The lowest BCUT2D eigenvalue weighted by atomic mass is 9.82. The van der Waals surface area contributed by atoms with E-state index in [0.717, 1.165) is 0 Å². The molecule has 122 valence electrons. The summed E-state index contributed by atoms with van der Waals surface area (Å²) in [6.45, 7) is -5.88. The lowest BCUT2D eigenvalue weighted by molar-refractivity contribution is 0.0462. The highest BCUT2D eigenvalue weighted by molar-refractivity contribution is 6.04. The number of fused-ring (bicyclic) bond motifs is 3. The molecular weight excluding hydrogens is 288 g/mol. The zero-order valence-electron chi connectivity index (χ0n) is 24.3. The molecule has 2 saturated heterocycles. The van der Waals surface area contributed by atoms with Crippen molar-refractivity contribution in [2.45, 2.75) is 50.1 Å². The van der Waals surface area contributed by atoms with Crippen LogP contribution >= 0.6 is 0 Å². The second kappa shape index (κ2) is 5.64. The fourth-order valence-electron chi connectivity index (χ4n) is 2.96. The lowest BCUT2D eigenvalue weighted by Gasteiger charge is -2.47. The van der Waals surface area contributed by atoms with Crippen molar-refractivity contribution in [2.75, 3.05) is 6.98 Å². The number of aromatic nitrogens is 2. The van der Waals surface area contributed by atoms with E-state index in [1.54, 1.807) is 12.1 Å². The molecule has 0 aliphatic carbocycles. The number of piperidine rings is 2. The number of rotatable bonds is 2. The second-order valence-corrected chi connectivity index (χ2v) is 5.56. The van der Waals surface area contributed by atoms with Crippen LogP contribution in [0.2, 0.25) is 0 Å². The predicted octanol–water partition coefficient (Wildman–Crippen LogP) is 2.32. The molecule has 2 fully saturated rings. The van der Waals surface area contributed by atoms with Crippen LogP contribution in [0.3, 0.4) is 0 Å². The Morgan fingerprint density at radius 2 is 2.13 bits per heavy atom. The number of benzene rings is 1. The molecule has 23 heavy (non-hydrogen) atoms. The first-order valence-corrected chi connectivity index (χ1v) is 7.40. The van der Waals surface area contributed by atoms with Crippen molar-refractivity contribution in [3.05, 3.63) is 30.0 Å². The molecule has 2 aliphatic rings. The third-order valence-corrected chi connectivity index (χ3v) is 4.07. The number of aryl methyl sites for hydroxylation is 1. The van der Waals surface area contributed by atoms with E-state index < -0.39 is 56.4 Å². The summed E-state index contributed by atoms with van der Waals surface area (Å²) in [6.07, 6.45) is -6.44. The van der Waals surface area contributed by atoms with Gasteiger partial charge in [0.1, 0.15) is 0 Å². The number of para-hydroxylation sites is 1. The van der Waals surface area contributed by atoms with Crippen LogP contribution in [0.15, 0.2) is 24.3 Å². The zero-order valence-corrected chi connectivity index (χ0v) is 12.3. The Morgan fingerprint density at radius 1 is 1.35 bits per heavy atom. The standard InChI is InChI=1S/C18H24N4O/c1-21-13-6-5-7-14(21)11-12(10-13)19-18(23)17-15-8-3-4-9-16(15)22(2)20-17/h3-4,8-9,12-14H,5-7,10-11H2,1-2H3,(H,19,23)/t13-,14-/m1/s1/i1D3,2D3,10D2,11D2,13D,14D. The molecule has 1 aromatic heterocycles. The van der Waals surface area contributed by atoms with Crippen molar-refractivity contribution in [1.82, 2.24) is 20.0 Å². The van der Waals surface area contributed by atoms with Gasteiger partial charge in [-0.25, -0.2) is 0 Å². The topological polar surface area (TPSA) is 50.2 Å². The van der Waals surface area contributed by atoms with Crippen molar-refractivity contribution in [1.29, 1.82) is 0 Å². The fourth-order valence-corrected chi connectivity index (χ4v) is 2.96. The third-order valence-electron chi connectivity index (χ3n) is 4.07. The first-order chi connectivity index (χ1) is 15.8. The number of nitrogens with one attached hydrogen (secondary N) is 1. The molecule has 5 heteroatoms. The van der Waals surface area contributed by atoms with E-state index in [9.17, 15) is 4.79 Å². The van der Waals surface area contributed by atoms with Gasteiger partial charge in [0.25, 0.3) is 5.91 Å². The Labute approximate surface area is 153 Å². The SMILES string of the molecule is [2H]C([2H])([2H])N1[C@]2([2H])CCC[C@]1([2H])C([2H])([2H])C(NC(=O)c1nn(C([2H])([2H])[2H])c3ccccc13)C2([2H])[2H]. The van der Waals surface area contributed by atoms with Gasteiger partial charge in [-0.05, 0) is 38.6 Å². The molecule has 1 amide bonds. The Balaban J connectivity index is 1.83. The van der Waals surface area contributed by atoms with Crippen LogP contribution in [0.4, 0.5) is 0 Å². The first kappa shape index (κ1) is 6.55. The highest BCUT2D eigenvalue weighted by atomic mass is 16.2. The van der Waals surface area contributed by atoms with Crippen molar-refractivity contribution >= 4 is 16.8 Å². The largest absolute Gasteiger partial charge is 0.348 e. The van der Waals surface area contributed by atoms with Crippen molar-refractivity contribution in [2.24, 2.45) is 6.98 Å². The Morgan fingerprint density at radius 3 is 2.87 bits per heavy atom. The molecule has 1 N–H and O–H groups in total. The minimum atomic E-state index is -3.14. The van der Waals surface area contributed by atoms with E-state index >= 15 is 0 Å². The number of hydrogen-bond acceptors (Lipinski definition) is 3. The maximum absolute atomic E-state index is 13.3. The van der Waals surface area contributed by atoms with Crippen molar-refractivity contribution < 1.29 is 21.2 Å². The van der Waals surface area contributed by atoms with Crippen LogP contribution in [-0.4, -0.2) is 45.6 Å². The van der Waals surface area contributed by atoms with Gasteiger partial charge in [0.2, 0.25) is 0 Å². The van der Waals surface area contributed by atoms with Gasteiger partial charge in [0.05, 0.1) is 5.52 Å². The Bertz CT molecular complexity index is 1140. The van der Waals surface area contributed by atoms with Gasteiger partial charge in [-0.3, -0.25) is 9.48 Å². The minimum Gasteiger partial charge on any atom is -0.348 e. The number of hydrogen-bond donors (Lipinski definition) is 1. The summed E-state index contributed by atoms with van der Waals surface area (Å²) in [4.78, 5) is 13.6. The van der Waals surface area contributed by atoms with E-state index in [1.165, 1.54) is 12.1 Å². The molecule has 2 aliphatic heterocycles. The molecule has 4 rings (SSSR count). The molecule has 2 bridgehead atoms. The van der Waals surface area contributed by atoms with Gasteiger partial charge in [0, 0.05) is 46.9 Å². The van der Waals surface area contributed by atoms with Crippen LogP contribution in [0.5, 0.6) is 0 Å². The Hall–Kier alpha value is -1.88. The molecule has 0 spiro atoms.